The fraction of sp³-hybridized carbons (Fsp3) is 0.370. The highest BCUT2D eigenvalue weighted by Gasteiger charge is 2.23. The zero-order chi connectivity index (χ0) is 24.2. The van der Waals surface area contributed by atoms with Gasteiger partial charge in [0.2, 0.25) is 5.95 Å². The lowest BCUT2D eigenvalue weighted by atomic mass is 10.00. The summed E-state index contributed by atoms with van der Waals surface area (Å²) in [5, 5.41) is 7.00. The quantitative estimate of drug-likeness (QED) is 0.523. The van der Waals surface area contributed by atoms with E-state index < -0.39 is 0 Å². The van der Waals surface area contributed by atoms with E-state index in [1.807, 2.05) is 0 Å². The molecule has 2 aliphatic heterocycles. The van der Waals surface area contributed by atoms with Crippen LogP contribution in [0.3, 0.4) is 0 Å². The number of fused-ring (bicyclic) bond motifs is 1. The molecule has 7 nitrogen and oxygen atoms in total. The van der Waals surface area contributed by atoms with Crippen LogP contribution in [0.15, 0.2) is 60.7 Å². The van der Waals surface area contributed by atoms with E-state index in [0.717, 1.165) is 57.3 Å². The van der Waals surface area contributed by atoms with E-state index in [1.54, 1.807) is 0 Å². The van der Waals surface area contributed by atoms with Gasteiger partial charge in [-0.3, -0.25) is 0 Å². The second kappa shape index (κ2) is 10.5. The number of hydrogen-bond acceptors (Lipinski definition) is 6. The first-order chi connectivity index (χ1) is 17.0. The topological polar surface area (TPSA) is 59.6 Å². The molecule has 182 valence electrons. The largest absolute Gasteiger partial charge is 0.368 e. The van der Waals surface area contributed by atoms with Crippen LogP contribution in [-0.2, 0) is 13.0 Å². The van der Waals surface area contributed by atoms with Gasteiger partial charge in [0.25, 0.3) is 0 Å². The minimum atomic E-state index is 0.238. The van der Waals surface area contributed by atoms with Crippen molar-refractivity contribution in [3.8, 4) is 0 Å². The van der Waals surface area contributed by atoms with E-state index >= 15 is 0 Å². The van der Waals surface area contributed by atoms with Gasteiger partial charge in [-0.2, -0.15) is 9.97 Å². The average molecular weight is 488 g/mol. The fourth-order valence-corrected chi connectivity index (χ4v) is 5.05. The number of nitrogens with one attached hydrogen (secondary N) is 2. The van der Waals surface area contributed by atoms with Crippen molar-refractivity contribution in [1.29, 1.82) is 0 Å². The van der Waals surface area contributed by atoms with Crippen molar-refractivity contribution in [3.05, 3.63) is 71.8 Å². The highest BCUT2D eigenvalue weighted by molar-refractivity contribution is 7.80. The monoisotopic (exact) mass is 487 g/mol. The maximum absolute atomic E-state index is 5.50. The first-order valence-corrected chi connectivity index (χ1v) is 12.8. The fourth-order valence-electron chi connectivity index (χ4n) is 4.73. The predicted molar refractivity (Wildman–Crippen MR) is 149 cm³/mol. The van der Waals surface area contributed by atoms with Crippen molar-refractivity contribution in [2.24, 2.45) is 0 Å². The Morgan fingerprint density at radius 2 is 1.43 bits per heavy atom. The average Bonchev–Trinajstić information content (AvgIpc) is 2.88. The molecular weight excluding hydrogens is 454 g/mol. The molecule has 1 fully saturated rings. The third-order valence-electron chi connectivity index (χ3n) is 6.52. The lowest BCUT2D eigenvalue weighted by Crippen LogP contribution is -2.47. The van der Waals surface area contributed by atoms with Gasteiger partial charge < -0.3 is 25.3 Å². The number of hydrogen-bond donors (Lipinski definition) is 2. The summed E-state index contributed by atoms with van der Waals surface area (Å²) < 4.78 is 0. The number of para-hydroxylation sites is 1. The van der Waals surface area contributed by atoms with Crippen molar-refractivity contribution >= 4 is 40.6 Å². The number of benzene rings is 2. The Hall–Kier alpha value is -3.39. The lowest BCUT2D eigenvalue weighted by Gasteiger charge is -2.37. The number of piperazine rings is 1. The van der Waals surface area contributed by atoms with E-state index in [1.165, 1.54) is 16.8 Å². The molecule has 3 heterocycles. The molecule has 0 amide bonds. The standard InChI is InChI=1S/C27H33N7S/c1-20(2)28-27(35)31-26-29-24(33-16-14-32(15-17-33)23-10-4-3-5-11-23)18-25(30-26)34-13-12-21-8-6-7-9-22(21)19-34/h3-11,18,20H,12-17,19H2,1-2H3,(H2,28,29,30,31,35). The van der Waals surface area contributed by atoms with Gasteiger partial charge in [-0.25, -0.2) is 0 Å². The molecule has 2 aliphatic rings. The van der Waals surface area contributed by atoms with Gasteiger partial charge in [-0.1, -0.05) is 42.5 Å². The van der Waals surface area contributed by atoms with Gasteiger partial charge in [0.15, 0.2) is 5.11 Å². The van der Waals surface area contributed by atoms with E-state index in [2.05, 4.69) is 99.8 Å². The van der Waals surface area contributed by atoms with Gasteiger partial charge in [0, 0.05) is 57.1 Å². The Kier molecular flexibility index (Phi) is 6.99. The predicted octanol–water partition coefficient (Wildman–Crippen LogP) is 4.06. The molecule has 3 aromatic rings. The van der Waals surface area contributed by atoms with Crippen LogP contribution in [0.4, 0.5) is 23.3 Å². The highest BCUT2D eigenvalue weighted by Crippen LogP contribution is 2.28. The Bertz CT molecular complexity index is 1160. The molecule has 0 spiro atoms. The maximum Gasteiger partial charge on any atom is 0.232 e. The van der Waals surface area contributed by atoms with Gasteiger partial charge in [-0.05, 0) is 55.7 Å². The number of nitrogens with zero attached hydrogens (tertiary/aromatic N) is 5. The summed E-state index contributed by atoms with van der Waals surface area (Å²) in [7, 11) is 0. The van der Waals surface area contributed by atoms with Crippen LogP contribution in [0.5, 0.6) is 0 Å². The summed E-state index contributed by atoms with van der Waals surface area (Å²) in [5.41, 5.74) is 4.06. The molecule has 1 aromatic heterocycles. The Labute approximate surface area is 213 Å². The van der Waals surface area contributed by atoms with Crippen molar-refractivity contribution in [1.82, 2.24) is 15.3 Å². The van der Waals surface area contributed by atoms with E-state index in [4.69, 9.17) is 22.2 Å². The molecule has 2 aromatic carbocycles. The third kappa shape index (κ3) is 5.65. The minimum Gasteiger partial charge on any atom is -0.368 e. The van der Waals surface area contributed by atoms with Gasteiger partial charge in [0.05, 0.1) is 0 Å². The van der Waals surface area contributed by atoms with E-state index in [0.29, 0.717) is 11.1 Å². The highest BCUT2D eigenvalue weighted by atomic mass is 32.1. The second-order valence-electron chi connectivity index (χ2n) is 9.41. The van der Waals surface area contributed by atoms with Gasteiger partial charge >= 0.3 is 0 Å². The molecule has 2 N–H and O–H groups in total. The van der Waals surface area contributed by atoms with E-state index in [9.17, 15) is 0 Å². The van der Waals surface area contributed by atoms with Crippen LogP contribution >= 0.6 is 12.2 Å². The number of thiocarbonyl (C=S) groups is 1. The molecule has 0 radical (unpaired) electrons. The van der Waals surface area contributed by atoms with Gasteiger partial charge in [-0.15, -0.1) is 0 Å². The van der Waals surface area contributed by atoms with Crippen molar-refractivity contribution in [3.63, 3.8) is 0 Å². The minimum absolute atomic E-state index is 0.238. The number of aromatic nitrogens is 2. The Balaban J connectivity index is 1.38. The molecule has 0 aliphatic carbocycles. The molecule has 0 unspecified atom stereocenters. The summed E-state index contributed by atoms with van der Waals surface area (Å²) in [6.07, 6.45) is 1.02. The molecular formula is C27H33N7S. The normalized spacial score (nSPS) is 15.7. The summed E-state index contributed by atoms with van der Waals surface area (Å²) in [6.45, 7) is 9.63. The van der Waals surface area contributed by atoms with Crippen molar-refractivity contribution in [2.45, 2.75) is 32.9 Å². The van der Waals surface area contributed by atoms with Crippen LogP contribution in [0.2, 0.25) is 0 Å². The maximum atomic E-state index is 5.50. The SMILES string of the molecule is CC(C)NC(=S)Nc1nc(N2CCN(c3ccccc3)CC2)cc(N2CCc3ccccc3C2)n1. The third-order valence-corrected chi connectivity index (χ3v) is 6.74. The summed E-state index contributed by atoms with van der Waals surface area (Å²) in [4.78, 5) is 16.9. The summed E-state index contributed by atoms with van der Waals surface area (Å²) in [5.74, 6) is 2.42. The zero-order valence-electron chi connectivity index (χ0n) is 20.4. The lowest BCUT2D eigenvalue weighted by molar-refractivity contribution is 0.646. The Morgan fingerprint density at radius 1 is 0.800 bits per heavy atom. The van der Waals surface area contributed by atoms with Crippen LogP contribution < -0.4 is 25.3 Å². The molecule has 1 saturated heterocycles. The van der Waals surface area contributed by atoms with Crippen LogP contribution in [0.25, 0.3) is 0 Å². The molecule has 0 bridgehead atoms. The second-order valence-corrected chi connectivity index (χ2v) is 9.82. The Morgan fingerprint density at radius 3 is 2.14 bits per heavy atom. The number of anilines is 4. The molecule has 35 heavy (non-hydrogen) atoms. The summed E-state index contributed by atoms with van der Waals surface area (Å²) >= 11 is 5.50. The number of rotatable bonds is 5. The van der Waals surface area contributed by atoms with Crippen molar-refractivity contribution < 1.29 is 0 Å². The molecule has 8 heteroatoms. The molecule has 0 atom stereocenters. The van der Waals surface area contributed by atoms with Crippen LogP contribution in [0.1, 0.15) is 25.0 Å². The summed E-state index contributed by atoms with van der Waals surface area (Å²) in [6, 6.07) is 21.7. The van der Waals surface area contributed by atoms with Crippen LogP contribution in [0, 0.1) is 0 Å². The first kappa shape index (κ1) is 23.4. The smallest absolute Gasteiger partial charge is 0.232 e. The molecule has 0 saturated carbocycles. The van der Waals surface area contributed by atoms with Crippen LogP contribution in [-0.4, -0.2) is 53.8 Å². The van der Waals surface area contributed by atoms with Crippen molar-refractivity contribution in [2.75, 3.05) is 52.7 Å². The molecule has 5 rings (SSSR count). The zero-order valence-corrected chi connectivity index (χ0v) is 21.3. The first-order valence-electron chi connectivity index (χ1n) is 12.4. The van der Waals surface area contributed by atoms with Gasteiger partial charge in [0.1, 0.15) is 11.6 Å². The van der Waals surface area contributed by atoms with E-state index in [-0.39, 0.29) is 6.04 Å².